The molecule has 0 radical (unpaired) electrons. The van der Waals surface area contributed by atoms with E-state index in [1.807, 2.05) is 0 Å². The first-order valence-corrected chi connectivity index (χ1v) is 3.54. The van der Waals surface area contributed by atoms with Crippen molar-refractivity contribution >= 4 is 13.4 Å². The van der Waals surface area contributed by atoms with Crippen molar-refractivity contribution in [1.29, 1.82) is 0 Å². The van der Waals surface area contributed by atoms with Crippen LogP contribution in [0.1, 0.15) is 20.8 Å². The molecule has 0 atom stereocenters. The van der Waals surface area contributed by atoms with Gasteiger partial charge in [0.2, 0.25) is 0 Å². The van der Waals surface area contributed by atoms with Gasteiger partial charge in [-0.2, -0.15) is 0 Å². The molecule has 0 aromatic heterocycles. The molecular formula is C6H12BF2NO2. The van der Waals surface area contributed by atoms with Crippen LogP contribution in [0.15, 0.2) is 0 Å². The third kappa shape index (κ3) is 3.55. The Morgan fingerprint density at radius 3 is 2.00 bits per heavy atom. The van der Waals surface area contributed by atoms with E-state index >= 15 is 0 Å². The number of carboxylic acid groups (broad SMARTS) is 1. The first-order chi connectivity index (χ1) is 5.25. The minimum atomic E-state index is -2.62. The van der Waals surface area contributed by atoms with Crippen molar-refractivity contribution in [3.8, 4) is 0 Å². The van der Waals surface area contributed by atoms with Crippen molar-refractivity contribution in [3.63, 3.8) is 0 Å². The summed E-state index contributed by atoms with van der Waals surface area (Å²) in [5.41, 5.74) is -0.776. The first-order valence-electron chi connectivity index (χ1n) is 3.54. The summed E-state index contributed by atoms with van der Waals surface area (Å²) in [6.07, 6.45) is -2.05. The highest BCUT2D eigenvalue weighted by Crippen LogP contribution is 2.13. The maximum absolute atomic E-state index is 11.9. The van der Waals surface area contributed by atoms with Gasteiger partial charge >= 0.3 is 13.4 Å². The van der Waals surface area contributed by atoms with E-state index in [0.29, 0.717) is 0 Å². The average molecular weight is 179 g/mol. The molecule has 70 valence electrons. The lowest BCUT2D eigenvalue weighted by Gasteiger charge is -2.32. The van der Waals surface area contributed by atoms with Gasteiger partial charge in [-0.05, 0) is 20.8 Å². The van der Waals surface area contributed by atoms with Crippen molar-refractivity contribution in [2.24, 2.45) is 0 Å². The van der Waals surface area contributed by atoms with Gasteiger partial charge in [0.1, 0.15) is 0 Å². The molecular weight excluding hydrogens is 167 g/mol. The van der Waals surface area contributed by atoms with E-state index in [0.717, 1.165) is 4.90 Å². The van der Waals surface area contributed by atoms with E-state index in [2.05, 4.69) is 0 Å². The molecule has 0 aromatic carbocycles. The van der Waals surface area contributed by atoms with E-state index in [-0.39, 0.29) is 0 Å². The molecule has 0 fully saturated rings. The van der Waals surface area contributed by atoms with Crippen LogP contribution in [0.25, 0.3) is 0 Å². The highest BCUT2D eigenvalue weighted by atomic mass is 19.2. The van der Waals surface area contributed by atoms with Crippen LogP contribution in [-0.4, -0.2) is 35.3 Å². The second-order valence-electron chi connectivity index (χ2n) is 3.46. The number of hydrogen-bond acceptors (Lipinski definition) is 1. The fourth-order valence-electron chi connectivity index (χ4n) is 0.777. The molecule has 0 aliphatic rings. The SMILES string of the molecule is CC(C)(C)N(CB(F)F)C(=O)O. The van der Waals surface area contributed by atoms with Gasteiger partial charge in [-0.3, -0.25) is 8.63 Å². The van der Waals surface area contributed by atoms with Crippen LogP contribution >= 0.6 is 0 Å². The lowest BCUT2D eigenvalue weighted by molar-refractivity contribution is 0.109. The van der Waals surface area contributed by atoms with Gasteiger partial charge in [-0.25, -0.2) is 4.79 Å². The normalized spacial score (nSPS) is 11.1. The van der Waals surface area contributed by atoms with Crippen LogP contribution in [0.3, 0.4) is 0 Å². The number of carbonyl (C=O) groups is 1. The standard InChI is InChI=1S/C6H12BF2NO2/c1-6(2,3)10(5(11)12)4-7(8)9/h4H2,1-3H3,(H,11,12). The molecule has 6 heteroatoms. The predicted octanol–water partition coefficient (Wildman–Crippen LogP) is 1.73. The topological polar surface area (TPSA) is 40.5 Å². The number of amides is 1. The van der Waals surface area contributed by atoms with E-state index in [9.17, 15) is 13.4 Å². The molecule has 0 aliphatic heterocycles. The van der Waals surface area contributed by atoms with Crippen LogP contribution in [0, 0.1) is 0 Å². The molecule has 0 spiro atoms. The summed E-state index contributed by atoms with van der Waals surface area (Å²) in [6, 6.07) is 0. The van der Waals surface area contributed by atoms with Crippen LogP contribution in [0.5, 0.6) is 0 Å². The zero-order valence-corrected chi connectivity index (χ0v) is 7.34. The fraction of sp³-hybridized carbons (Fsp3) is 0.833. The third-order valence-electron chi connectivity index (χ3n) is 1.36. The summed E-state index contributed by atoms with van der Waals surface area (Å²) in [6.45, 7) is 4.72. The van der Waals surface area contributed by atoms with Crippen molar-refractivity contribution in [2.45, 2.75) is 26.3 Å². The van der Waals surface area contributed by atoms with E-state index in [1.165, 1.54) is 0 Å². The Balaban J connectivity index is 4.35. The predicted molar refractivity (Wildman–Crippen MR) is 42.5 cm³/mol. The lowest BCUT2D eigenvalue weighted by atomic mass is 9.94. The first kappa shape index (κ1) is 11.2. The Kier molecular flexibility index (Phi) is 3.48. The van der Waals surface area contributed by atoms with Crippen LogP contribution in [0.2, 0.25) is 0 Å². The van der Waals surface area contributed by atoms with Crippen LogP contribution in [0.4, 0.5) is 13.4 Å². The molecule has 1 N–H and O–H groups in total. The highest BCUT2D eigenvalue weighted by molar-refractivity contribution is 6.43. The fourth-order valence-corrected chi connectivity index (χ4v) is 0.777. The Morgan fingerprint density at radius 2 is 1.92 bits per heavy atom. The molecule has 3 nitrogen and oxygen atoms in total. The molecule has 0 bridgehead atoms. The van der Waals surface area contributed by atoms with Gasteiger partial charge < -0.3 is 10.0 Å². The summed E-state index contributed by atoms with van der Waals surface area (Å²) in [5, 5.41) is 8.55. The molecule has 0 saturated heterocycles. The Hall–Kier alpha value is -0.805. The maximum Gasteiger partial charge on any atom is 0.557 e. The minimum Gasteiger partial charge on any atom is -0.465 e. The summed E-state index contributed by atoms with van der Waals surface area (Å²) >= 11 is 0. The van der Waals surface area contributed by atoms with E-state index in [4.69, 9.17) is 5.11 Å². The maximum atomic E-state index is 11.9. The van der Waals surface area contributed by atoms with Gasteiger partial charge in [0, 0.05) is 5.54 Å². The van der Waals surface area contributed by atoms with Gasteiger partial charge in [0.05, 0.1) is 6.44 Å². The molecule has 12 heavy (non-hydrogen) atoms. The lowest BCUT2D eigenvalue weighted by Crippen LogP contribution is -2.48. The van der Waals surface area contributed by atoms with Gasteiger partial charge in [-0.15, -0.1) is 0 Å². The number of nitrogens with zero attached hydrogens (tertiary/aromatic N) is 1. The minimum absolute atomic E-state index is 0.720. The van der Waals surface area contributed by atoms with Crippen molar-refractivity contribution in [2.75, 3.05) is 6.44 Å². The molecule has 0 saturated carbocycles. The average Bonchev–Trinajstić information content (AvgIpc) is 1.79. The smallest absolute Gasteiger partial charge is 0.465 e. The molecule has 0 heterocycles. The summed E-state index contributed by atoms with van der Waals surface area (Å²) in [4.78, 5) is 11.2. The van der Waals surface area contributed by atoms with Crippen molar-refractivity contribution < 1.29 is 18.5 Å². The Labute approximate surface area is 70.5 Å². The molecule has 0 unspecified atom stereocenters. The highest BCUT2D eigenvalue weighted by Gasteiger charge is 2.31. The number of hydrogen-bond donors (Lipinski definition) is 1. The van der Waals surface area contributed by atoms with Crippen LogP contribution < -0.4 is 0 Å². The summed E-state index contributed by atoms with van der Waals surface area (Å²) in [7, 11) is -2.62. The number of halogens is 2. The van der Waals surface area contributed by atoms with Crippen molar-refractivity contribution in [3.05, 3.63) is 0 Å². The second kappa shape index (κ2) is 3.73. The van der Waals surface area contributed by atoms with Crippen LogP contribution in [-0.2, 0) is 0 Å². The third-order valence-corrected chi connectivity index (χ3v) is 1.36. The molecule has 1 amide bonds. The van der Waals surface area contributed by atoms with Crippen molar-refractivity contribution in [1.82, 2.24) is 4.90 Å². The zero-order valence-electron chi connectivity index (χ0n) is 7.34. The largest absolute Gasteiger partial charge is 0.557 e. The molecule has 0 aromatic rings. The summed E-state index contributed by atoms with van der Waals surface area (Å²) < 4.78 is 23.7. The van der Waals surface area contributed by atoms with Gasteiger partial charge in [-0.1, -0.05) is 0 Å². The zero-order chi connectivity index (χ0) is 9.94. The monoisotopic (exact) mass is 179 g/mol. The number of rotatable bonds is 2. The Bertz CT molecular complexity index is 169. The van der Waals surface area contributed by atoms with E-state index < -0.39 is 25.3 Å². The second-order valence-corrected chi connectivity index (χ2v) is 3.46. The summed E-state index contributed by atoms with van der Waals surface area (Å²) in [5.74, 6) is 0. The molecule has 0 aliphatic carbocycles. The van der Waals surface area contributed by atoms with E-state index in [1.54, 1.807) is 20.8 Å². The quantitative estimate of drug-likeness (QED) is 0.655. The van der Waals surface area contributed by atoms with Gasteiger partial charge in [0.25, 0.3) is 0 Å². The Morgan fingerprint density at radius 1 is 1.50 bits per heavy atom. The van der Waals surface area contributed by atoms with Gasteiger partial charge in [0.15, 0.2) is 0 Å². The molecule has 0 rings (SSSR count).